The van der Waals surface area contributed by atoms with E-state index in [0.29, 0.717) is 12.1 Å². The first-order chi connectivity index (χ1) is 9.58. The molecule has 0 aliphatic carbocycles. The normalized spacial score (nSPS) is 11.2. The molecule has 4 heteroatoms. The first-order valence-electron chi connectivity index (χ1n) is 7.14. The highest BCUT2D eigenvalue weighted by Crippen LogP contribution is 2.26. The highest BCUT2D eigenvalue weighted by atomic mass is 16.4. The maximum Gasteiger partial charge on any atom is 0.336 e. The van der Waals surface area contributed by atoms with Gasteiger partial charge in [-0.25, -0.2) is 4.79 Å². The van der Waals surface area contributed by atoms with E-state index in [9.17, 15) is 9.90 Å². The van der Waals surface area contributed by atoms with E-state index in [1.54, 1.807) is 6.07 Å². The summed E-state index contributed by atoms with van der Waals surface area (Å²) in [6.07, 6.45) is 5.13. The maximum absolute atomic E-state index is 11.3. The number of aromatic nitrogens is 1. The van der Waals surface area contributed by atoms with Crippen molar-refractivity contribution >= 4 is 16.9 Å². The molecular formula is C16H22N2O2. The van der Waals surface area contributed by atoms with E-state index in [0.717, 1.165) is 36.9 Å². The summed E-state index contributed by atoms with van der Waals surface area (Å²) in [7, 11) is 0. The van der Waals surface area contributed by atoms with E-state index in [2.05, 4.69) is 17.7 Å². The fourth-order valence-corrected chi connectivity index (χ4v) is 2.66. The highest BCUT2D eigenvalue weighted by molar-refractivity contribution is 5.96. The molecule has 0 amide bonds. The first-order valence-corrected chi connectivity index (χ1v) is 7.14. The summed E-state index contributed by atoms with van der Waals surface area (Å²) in [5.74, 6) is -0.868. The van der Waals surface area contributed by atoms with Crippen LogP contribution in [0, 0.1) is 6.92 Å². The van der Waals surface area contributed by atoms with Crippen molar-refractivity contribution in [2.24, 2.45) is 5.73 Å². The van der Waals surface area contributed by atoms with Gasteiger partial charge in [0.25, 0.3) is 0 Å². The van der Waals surface area contributed by atoms with Crippen LogP contribution >= 0.6 is 0 Å². The van der Waals surface area contributed by atoms with E-state index >= 15 is 0 Å². The van der Waals surface area contributed by atoms with Crippen molar-refractivity contribution < 1.29 is 9.90 Å². The van der Waals surface area contributed by atoms with Crippen LogP contribution in [0.1, 0.15) is 41.3 Å². The third-order valence-corrected chi connectivity index (χ3v) is 3.66. The molecule has 1 aromatic carbocycles. The summed E-state index contributed by atoms with van der Waals surface area (Å²) in [4.78, 5) is 11.3. The predicted molar refractivity (Wildman–Crippen MR) is 81.3 cm³/mol. The quantitative estimate of drug-likeness (QED) is 0.851. The fraction of sp³-hybridized carbons (Fsp3) is 0.438. The van der Waals surface area contributed by atoms with Gasteiger partial charge in [-0.05, 0) is 49.6 Å². The number of hydrogen-bond acceptors (Lipinski definition) is 2. The standard InChI is InChI=1S/C16H22N2O2/c1-3-5-12-10-18(7-4-6-17)15-9-13(16(19)20)11(2)8-14(12)15/h8-10H,3-7,17H2,1-2H3,(H,19,20). The Morgan fingerprint density at radius 1 is 1.40 bits per heavy atom. The molecule has 20 heavy (non-hydrogen) atoms. The molecule has 2 aromatic rings. The number of aromatic carboxylic acids is 1. The SMILES string of the molecule is CCCc1cn(CCCN)c2cc(C(=O)O)c(C)cc12. The molecule has 0 aliphatic rings. The molecule has 0 aliphatic heterocycles. The summed E-state index contributed by atoms with van der Waals surface area (Å²) in [5, 5.41) is 10.4. The number of hydrogen-bond donors (Lipinski definition) is 2. The molecule has 0 radical (unpaired) electrons. The summed E-state index contributed by atoms with van der Waals surface area (Å²) in [6.45, 7) is 5.48. The smallest absolute Gasteiger partial charge is 0.336 e. The lowest BCUT2D eigenvalue weighted by atomic mass is 10.0. The second-order valence-corrected chi connectivity index (χ2v) is 5.23. The van der Waals surface area contributed by atoms with E-state index < -0.39 is 5.97 Å². The minimum absolute atomic E-state index is 0.382. The average molecular weight is 274 g/mol. The van der Waals surface area contributed by atoms with Gasteiger partial charge in [0.05, 0.1) is 5.56 Å². The Labute approximate surface area is 119 Å². The van der Waals surface area contributed by atoms with Crippen molar-refractivity contribution in [1.82, 2.24) is 4.57 Å². The number of carboxylic acid groups (broad SMARTS) is 1. The van der Waals surface area contributed by atoms with Gasteiger partial charge in [0.15, 0.2) is 0 Å². The zero-order valence-electron chi connectivity index (χ0n) is 12.1. The van der Waals surface area contributed by atoms with Crippen LogP contribution in [0.25, 0.3) is 10.9 Å². The molecule has 0 fully saturated rings. The van der Waals surface area contributed by atoms with Gasteiger partial charge >= 0.3 is 5.97 Å². The van der Waals surface area contributed by atoms with E-state index in [1.165, 1.54) is 10.9 Å². The minimum atomic E-state index is -0.868. The molecule has 3 N–H and O–H groups in total. The Kier molecular flexibility index (Phi) is 4.45. The van der Waals surface area contributed by atoms with Crippen molar-refractivity contribution in [3.05, 3.63) is 35.0 Å². The number of carboxylic acids is 1. The molecule has 1 aromatic heterocycles. The lowest BCUT2D eigenvalue weighted by Gasteiger charge is -2.06. The highest BCUT2D eigenvalue weighted by Gasteiger charge is 2.14. The Balaban J connectivity index is 2.60. The maximum atomic E-state index is 11.3. The molecular weight excluding hydrogens is 252 g/mol. The second kappa shape index (κ2) is 6.09. The Bertz CT molecular complexity index is 629. The first kappa shape index (κ1) is 14.6. The average Bonchev–Trinajstić information content (AvgIpc) is 2.73. The molecule has 108 valence electrons. The van der Waals surface area contributed by atoms with Crippen molar-refractivity contribution in [3.63, 3.8) is 0 Å². The topological polar surface area (TPSA) is 68.2 Å². The van der Waals surface area contributed by atoms with Gasteiger partial charge in [-0.2, -0.15) is 0 Å². The molecule has 4 nitrogen and oxygen atoms in total. The summed E-state index contributed by atoms with van der Waals surface area (Å²) >= 11 is 0. The third-order valence-electron chi connectivity index (χ3n) is 3.66. The van der Waals surface area contributed by atoms with Gasteiger partial charge in [-0.1, -0.05) is 13.3 Å². The number of nitrogens with two attached hydrogens (primary N) is 1. The van der Waals surface area contributed by atoms with Crippen LogP contribution in [0.5, 0.6) is 0 Å². The van der Waals surface area contributed by atoms with Crippen LogP contribution in [0.2, 0.25) is 0 Å². The molecule has 0 unspecified atom stereocenters. The molecule has 0 saturated heterocycles. The zero-order chi connectivity index (χ0) is 14.7. The second-order valence-electron chi connectivity index (χ2n) is 5.23. The van der Waals surface area contributed by atoms with Crippen LogP contribution in [-0.2, 0) is 13.0 Å². The predicted octanol–water partition coefficient (Wildman–Crippen LogP) is 2.95. The Hall–Kier alpha value is -1.81. The van der Waals surface area contributed by atoms with Crippen molar-refractivity contribution in [3.8, 4) is 0 Å². The van der Waals surface area contributed by atoms with Crippen LogP contribution in [0.4, 0.5) is 0 Å². The monoisotopic (exact) mass is 274 g/mol. The van der Waals surface area contributed by atoms with Crippen LogP contribution in [0.15, 0.2) is 18.3 Å². The van der Waals surface area contributed by atoms with Crippen molar-refractivity contribution in [1.29, 1.82) is 0 Å². The fourth-order valence-electron chi connectivity index (χ4n) is 2.66. The Morgan fingerprint density at radius 2 is 2.15 bits per heavy atom. The molecule has 2 rings (SSSR count). The summed E-state index contributed by atoms with van der Waals surface area (Å²) in [5.41, 5.74) is 9.08. The Morgan fingerprint density at radius 3 is 2.75 bits per heavy atom. The van der Waals surface area contributed by atoms with E-state index in [4.69, 9.17) is 5.73 Å². The number of nitrogens with zero attached hydrogens (tertiary/aromatic N) is 1. The molecule has 0 spiro atoms. The zero-order valence-corrected chi connectivity index (χ0v) is 12.1. The third kappa shape index (κ3) is 2.70. The molecule has 1 heterocycles. The number of benzene rings is 1. The van der Waals surface area contributed by atoms with Gasteiger partial charge in [-0.15, -0.1) is 0 Å². The van der Waals surface area contributed by atoms with Gasteiger partial charge in [0.2, 0.25) is 0 Å². The van der Waals surface area contributed by atoms with Crippen molar-refractivity contribution in [2.75, 3.05) is 6.54 Å². The van der Waals surface area contributed by atoms with Crippen LogP contribution in [-0.4, -0.2) is 22.2 Å². The van der Waals surface area contributed by atoms with Crippen LogP contribution in [0.3, 0.4) is 0 Å². The van der Waals surface area contributed by atoms with Gasteiger partial charge in [0, 0.05) is 23.6 Å². The minimum Gasteiger partial charge on any atom is -0.478 e. The number of carbonyl (C=O) groups is 1. The van der Waals surface area contributed by atoms with E-state index in [1.807, 2.05) is 13.0 Å². The summed E-state index contributed by atoms with van der Waals surface area (Å²) in [6, 6.07) is 3.80. The largest absolute Gasteiger partial charge is 0.478 e. The molecule has 0 bridgehead atoms. The number of rotatable bonds is 6. The van der Waals surface area contributed by atoms with Crippen molar-refractivity contribution in [2.45, 2.75) is 39.7 Å². The van der Waals surface area contributed by atoms with Crippen LogP contribution < -0.4 is 5.73 Å². The van der Waals surface area contributed by atoms with Gasteiger partial charge < -0.3 is 15.4 Å². The number of aryl methyl sites for hydroxylation is 3. The summed E-state index contributed by atoms with van der Waals surface area (Å²) < 4.78 is 2.14. The molecule has 0 atom stereocenters. The van der Waals surface area contributed by atoms with Gasteiger partial charge in [0.1, 0.15) is 0 Å². The van der Waals surface area contributed by atoms with Gasteiger partial charge in [-0.3, -0.25) is 0 Å². The number of fused-ring (bicyclic) bond motifs is 1. The molecule has 0 saturated carbocycles. The lowest BCUT2D eigenvalue weighted by molar-refractivity contribution is 0.0696. The lowest BCUT2D eigenvalue weighted by Crippen LogP contribution is -2.05. The van der Waals surface area contributed by atoms with E-state index in [-0.39, 0.29) is 0 Å².